The predicted octanol–water partition coefficient (Wildman–Crippen LogP) is 4.74. The molecule has 84 valence electrons. The third-order valence-corrected chi connectivity index (χ3v) is 5.83. The Morgan fingerprint density at radius 3 is 1.71 bits per heavy atom. The Bertz CT molecular complexity index is 204. The van der Waals surface area contributed by atoms with E-state index in [4.69, 9.17) is 0 Å². The van der Waals surface area contributed by atoms with Gasteiger partial charge in [0.25, 0.3) is 0 Å². The molecule has 0 aromatic heterocycles. The molecule has 1 aliphatic carbocycles. The van der Waals surface area contributed by atoms with Gasteiger partial charge in [-0.25, -0.2) is 0 Å². The van der Waals surface area contributed by atoms with Gasteiger partial charge in [-0.2, -0.15) is 0 Å². The van der Waals surface area contributed by atoms with Gasteiger partial charge in [-0.3, -0.25) is 0 Å². The number of hydrogen-bond donors (Lipinski definition) is 0. The minimum atomic E-state index is 0.567. The lowest BCUT2D eigenvalue weighted by Gasteiger charge is -2.31. The fourth-order valence-electron chi connectivity index (χ4n) is 3.81. The monoisotopic (exact) mass is 196 g/mol. The first-order valence-corrected chi connectivity index (χ1v) is 6.33. The van der Waals surface area contributed by atoms with Crippen LogP contribution in [0.5, 0.6) is 0 Å². The predicted molar refractivity (Wildman–Crippen MR) is 64.3 cm³/mol. The average molecular weight is 196 g/mol. The van der Waals surface area contributed by atoms with Crippen LogP contribution < -0.4 is 0 Å². The second-order valence-corrected chi connectivity index (χ2v) is 6.13. The molecule has 1 fully saturated rings. The SMILES string of the molecule is CCC(C)C(CC)C1(C)C(C)C1(C)C. The van der Waals surface area contributed by atoms with Gasteiger partial charge in [-0.1, -0.05) is 61.3 Å². The van der Waals surface area contributed by atoms with Crippen molar-refractivity contribution in [1.29, 1.82) is 0 Å². The maximum atomic E-state index is 2.51. The highest BCUT2D eigenvalue weighted by molar-refractivity contribution is 5.15. The van der Waals surface area contributed by atoms with Gasteiger partial charge >= 0.3 is 0 Å². The highest BCUT2D eigenvalue weighted by Crippen LogP contribution is 2.73. The van der Waals surface area contributed by atoms with Crippen LogP contribution in [0.4, 0.5) is 0 Å². The number of hydrogen-bond acceptors (Lipinski definition) is 0. The molecule has 0 heterocycles. The molecule has 0 aliphatic heterocycles. The fraction of sp³-hybridized carbons (Fsp3) is 1.00. The van der Waals surface area contributed by atoms with Crippen molar-refractivity contribution in [3.05, 3.63) is 0 Å². The third kappa shape index (κ3) is 1.33. The maximum Gasteiger partial charge on any atom is -0.0210 e. The molecular formula is C14H28. The van der Waals surface area contributed by atoms with Crippen LogP contribution in [0.3, 0.4) is 0 Å². The summed E-state index contributed by atoms with van der Waals surface area (Å²) in [5.41, 5.74) is 1.16. The molecule has 1 saturated carbocycles. The van der Waals surface area contributed by atoms with E-state index in [1.165, 1.54) is 12.8 Å². The highest BCUT2D eigenvalue weighted by atomic mass is 14.7. The first kappa shape index (κ1) is 12.1. The van der Waals surface area contributed by atoms with Crippen molar-refractivity contribution in [1.82, 2.24) is 0 Å². The van der Waals surface area contributed by atoms with Gasteiger partial charge in [-0.05, 0) is 28.6 Å². The van der Waals surface area contributed by atoms with E-state index >= 15 is 0 Å². The van der Waals surface area contributed by atoms with Crippen LogP contribution in [0.15, 0.2) is 0 Å². The molecule has 4 atom stereocenters. The van der Waals surface area contributed by atoms with Crippen LogP contribution in [-0.4, -0.2) is 0 Å². The Morgan fingerprint density at radius 2 is 1.50 bits per heavy atom. The van der Waals surface area contributed by atoms with Gasteiger partial charge in [0, 0.05) is 0 Å². The Morgan fingerprint density at radius 1 is 1.07 bits per heavy atom. The summed E-state index contributed by atoms with van der Waals surface area (Å²) in [6.07, 6.45) is 2.68. The van der Waals surface area contributed by atoms with Crippen molar-refractivity contribution in [2.45, 2.75) is 61.3 Å². The summed E-state index contributed by atoms with van der Waals surface area (Å²) in [7, 11) is 0. The zero-order valence-electron chi connectivity index (χ0n) is 11.1. The lowest BCUT2D eigenvalue weighted by molar-refractivity contribution is 0.177. The van der Waals surface area contributed by atoms with Gasteiger partial charge in [0.1, 0.15) is 0 Å². The van der Waals surface area contributed by atoms with Gasteiger partial charge in [0.2, 0.25) is 0 Å². The van der Waals surface area contributed by atoms with Crippen molar-refractivity contribution in [2.75, 3.05) is 0 Å². The molecule has 0 aromatic carbocycles. The normalized spacial score (nSPS) is 39.2. The molecule has 1 rings (SSSR count). The Kier molecular flexibility index (Phi) is 3.05. The standard InChI is InChI=1S/C14H28/c1-8-10(3)12(9-2)14(7)11(4)13(14,5)6/h10-12H,8-9H2,1-7H3. The molecule has 0 radical (unpaired) electrons. The quantitative estimate of drug-likeness (QED) is 0.609. The van der Waals surface area contributed by atoms with Crippen molar-refractivity contribution in [2.24, 2.45) is 28.6 Å². The van der Waals surface area contributed by atoms with E-state index in [1.54, 1.807) is 0 Å². The summed E-state index contributed by atoms with van der Waals surface area (Å²) in [4.78, 5) is 0. The van der Waals surface area contributed by atoms with Crippen molar-refractivity contribution < 1.29 is 0 Å². The highest BCUT2D eigenvalue weighted by Gasteiger charge is 2.68. The molecule has 0 aromatic rings. The second kappa shape index (κ2) is 3.54. The van der Waals surface area contributed by atoms with Crippen LogP contribution in [0.2, 0.25) is 0 Å². The molecule has 0 N–H and O–H groups in total. The van der Waals surface area contributed by atoms with Crippen LogP contribution >= 0.6 is 0 Å². The zero-order valence-corrected chi connectivity index (χ0v) is 11.1. The van der Waals surface area contributed by atoms with E-state index in [-0.39, 0.29) is 0 Å². The minimum Gasteiger partial charge on any atom is -0.0651 e. The zero-order chi connectivity index (χ0) is 11.1. The summed E-state index contributed by atoms with van der Waals surface area (Å²) in [6.45, 7) is 17.0. The Balaban J connectivity index is 2.82. The lowest BCUT2D eigenvalue weighted by atomic mass is 9.74. The smallest absolute Gasteiger partial charge is 0.0210 e. The van der Waals surface area contributed by atoms with E-state index in [0.717, 1.165) is 17.8 Å². The summed E-state index contributed by atoms with van der Waals surface area (Å²) in [5, 5.41) is 0. The molecular weight excluding hydrogens is 168 g/mol. The molecule has 0 bridgehead atoms. The average Bonchev–Trinajstić information content (AvgIpc) is 2.52. The molecule has 0 heteroatoms. The second-order valence-electron chi connectivity index (χ2n) is 6.13. The van der Waals surface area contributed by atoms with Crippen LogP contribution in [-0.2, 0) is 0 Å². The van der Waals surface area contributed by atoms with Gasteiger partial charge < -0.3 is 0 Å². The third-order valence-electron chi connectivity index (χ3n) is 5.83. The van der Waals surface area contributed by atoms with Crippen molar-refractivity contribution in [3.63, 3.8) is 0 Å². The molecule has 1 aliphatic rings. The van der Waals surface area contributed by atoms with E-state index in [0.29, 0.717) is 10.8 Å². The largest absolute Gasteiger partial charge is 0.0651 e. The molecule has 0 amide bonds. The van der Waals surface area contributed by atoms with Crippen LogP contribution in [0.1, 0.15) is 61.3 Å². The molecule has 4 unspecified atom stereocenters. The fourth-order valence-corrected chi connectivity index (χ4v) is 3.81. The van der Waals surface area contributed by atoms with Crippen molar-refractivity contribution in [3.8, 4) is 0 Å². The Labute approximate surface area is 90.5 Å². The summed E-state index contributed by atoms with van der Waals surface area (Å²) in [5.74, 6) is 2.70. The van der Waals surface area contributed by atoms with E-state index in [9.17, 15) is 0 Å². The summed E-state index contributed by atoms with van der Waals surface area (Å²) < 4.78 is 0. The molecule has 0 nitrogen and oxygen atoms in total. The Hall–Kier alpha value is 0. The van der Waals surface area contributed by atoms with Crippen LogP contribution in [0.25, 0.3) is 0 Å². The molecule has 14 heavy (non-hydrogen) atoms. The van der Waals surface area contributed by atoms with Gasteiger partial charge in [0.05, 0.1) is 0 Å². The van der Waals surface area contributed by atoms with Crippen LogP contribution in [0, 0.1) is 28.6 Å². The topological polar surface area (TPSA) is 0 Å². The van der Waals surface area contributed by atoms with Gasteiger partial charge in [-0.15, -0.1) is 0 Å². The van der Waals surface area contributed by atoms with E-state index in [2.05, 4.69) is 48.5 Å². The van der Waals surface area contributed by atoms with E-state index < -0.39 is 0 Å². The molecule has 0 spiro atoms. The molecule has 0 saturated heterocycles. The first-order valence-electron chi connectivity index (χ1n) is 6.33. The maximum absolute atomic E-state index is 2.51. The summed E-state index contributed by atoms with van der Waals surface area (Å²) >= 11 is 0. The van der Waals surface area contributed by atoms with Crippen molar-refractivity contribution >= 4 is 0 Å². The minimum absolute atomic E-state index is 0.567. The van der Waals surface area contributed by atoms with Gasteiger partial charge in [0.15, 0.2) is 0 Å². The number of rotatable bonds is 4. The lowest BCUT2D eigenvalue weighted by Crippen LogP contribution is -2.24. The summed E-state index contributed by atoms with van der Waals surface area (Å²) in [6, 6.07) is 0. The van der Waals surface area contributed by atoms with E-state index in [1.807, 2.05) is 0 Å². The first-order chi connectivity index (χ1) is 6.33.